The number of ketones is 1. The van der Waals surface area contributed by atoms with Gasteiger partial charge >= 0.3 is 0 Å². The number of carbonyl (C=O) groups excluding carboxylic acids is 1. The van der Waals surface area contributed by atoms with Crippen LogP contribution in [0.25, 0.3) is 6.08 Å². The van der Waals surface area contributed by atoms with Gasteiger partial charge in [0, 0.05) is 6.07 Å². The van der Waals surface area contributed by atoms with E-state index in [1.54, 1.807) is 0 Å². The van der Waals surface area contributed by atoms with Crippen molar-refractivity contribution in [1.82, 2.24) is 0 Å². The molecule has 0 unspecified atom stereocenters. The Morgan fingerprint density at radius 2 is 1.71 bits per heavy atom. The van der Waals surface area contributed by atoms with Crippen LogP contribution in [0, 0.1) is 17.5 Å². The van der Waals surface area contributed by atoms with Crippen molar-refractivity contribution >= 4 is 11.9 Å². The van der Waals surface area contributed by atoms with E-state index in [-0.39, 0.29) is 28.4 Å². The lowest BCUT2D eigenvalue weighted by Crippen LogP contribution is -1.99. The molecule has 0 bridgehead atoms. The van der Waals surface area contributed by atoms with Crippen LogP contribution in [0.2, 0.25) is 0 Å². The predicted molar refractivity (Wildman–Crippen MR) is 67.4 cm³/mol. The number of aromatic hydroxyl groups is 1. The van der Waals surface area contributed by atoms with Gasteiger partial charge < -0.3 is 9.84 Å². The molecule has 1 N–H and O–H groups in total. The van der Waals surface area contributed by atoms with E-state index >= 15 is 0 Å². The van der Waals surface area contributed by atoms with Gasteiger partial charge in [-0.2, -0.15) is 0 Å². The van der Waals surface area contributed by atoms with Crippen molar-refractivity contribution in [2.24, 2.45) is 0 Å². The molecule has 0 saturated carbocycles. The number of benzene rings is 2. The van der Waals surface area contributed by atoms with Crippen LogP contribution < -0.4 is 4.74 Å². The number of allylic oxidation sites excluding steroid dienone is 1. The third-order valence-corrected chi connectivity index (χ3v) is 2.96. The second kappa shape index (κ2) is 4.66. The van der Waals surface area contributed by atoms with Gasteiger partial charge in [0.05, 0.1) is 5.56 Å². The molecule has 0 spiro atoms. The van der Waals surface area contributed by atoms with E-state index in [0.717, 1.165) is 18.2 Å². The van der Waals surface area contributed by atoms with E-state index in [9.17, 15) is 23.1 Å². The van der Waals surface area contributed by atoms with E-state index < -0.39 is 23.2 Å². The molecule has 2 aromatic carbocycles. The maximum atomic E-state index is 13.1. The molecule has 1 aliphatic rings. The van der Waals surface area contributed by atoms with E-state index in [1.807, 2.05) is 0 Å². The standard InChI is InChI=1S/C15H7F3O3/c16-10-3-7(4-11(17)14(10)18)5-13-15(20)9-2-1-8(19)6-12(9)21-13/h1-6,19H/b13-5-. The second-order valence-electron chi connectivity index (χ2n) is 4.42. The Morgan fingerprint density at radius 1 is 1.05 bits per heavy atom. The third-order valence-electron chi connectivity index (χ3n) is 2.96. The van der Waals surface area contributed by atoms with Crippen LogP contribution in [-0.2, 0) is 0 Å². The van der Waals surface area contributed by atoms with Gasteiger partial charge in [-0.05, 0) is 35.9 Å². The first-order valence-corrected chi connectivity index (χ1v) is 5.87. The van der Waals surface area contributed by atoms with Crippen molar-refractivity contribution in [3.63, 3.8) is 0 Å². The van der Waals surface area contributed by atoms with Gasteiger partial charge in [0.1, 0.15) is 11.5 Å². The fourth-order valence-electron chi connectivity index (χ4n) is 1.99. The normalized spacial score (nSPS) is 15.2. The first-order chi connectivity index (χ1) is 9.95. The molecule has 0 saturated heterocycles. The highest BCUT2D eigenvalue weighted by Crippen LogP contribution is 2.34. The minimum absolute atomic E-state index is 0.0493. The highest BCUT2D eigenvalue weighted by molar-refractivity contribution is 6.14. The Kier molecular flexibility index (Phi) is 2.94. The minimum atomic E-state index is -1.58. The Balaban J connectivity index is 2.01. The summed E-state index contributed by atoms with van der Waals surface area (Å²) in [5.41, 5.74) is 0.175. The first-order valence-electron chi connectivity index (χ1n) is 5.87. The van der Waals surface area contributed by atoms with E-state index in [2.05, 4.69) is 0 Å². The molecule has 0 aromatic heterocycles. The monoisotopic (exact) mass is 292 g/mol. The molecule has 3 nitrogen and oxygen atoms in total. The highest BCUT2D eigenvalue weighted by atomic mass is 19.2. The number of Topliss-reactive ketones (excluding diaryl/α,β-unsaturated/α-hetero) is 1. The molecule has 2 aromatic rings. The van der Waals surface area contributed by atoms with Crippen LogP contribution in [0.15, 0.2) is 36.1 Å². The first kappa shape index (κ1) is 13.2. The summed E-state index contributed by atoms with van der Waals surface area (Å²) in [6, 6.07) is 5.45. The molecule has 106 valence electrons. The zero-order chi connectivity index (χ0) is 15.1. The Hall–Kier alpha value is -2.76. The SMILES string of the molecule is O=C1/C(=C/c2cc(F)c(F)c(F)c2)Oc2cc(O)ccc21. The van der Waals surface area contributed by atoms with Crippen molar-refractivity contribution in [2.75, 3.05) is 0 Å². The van der Waals surface area contributed by atoms with Crippen molar-refractivity contribution in [3.05, 3.63) is 64.7 Å². The Morgan fingerprint density at radius 3 is 2.38 bits per heavy atom. The van der Waals surface area contributed by atoms with E-state index in [4.69, 9.17) is 4.74 Å². The lowest BCUT2D eigenvalue weighted by Gasteiger charge is -2.00. The highest BCUT2D eigenvalue weighted by Gasteiger charge is 2.27. The summed E-state index contributed by atoms with van der Waals surface area (Å²) in [7, 11) is 0. The summed E-state index contributed by atoms with van der Waals surface area (Å²) < 4.78 is 44.3. The summed E-state index contributed by atoms with van der Waals surface area (Å²) in [6.45, 7) is 0. The molecule has 1 heterocycles. The zero-order valence-corrected chi connectivity index (χ0v) is 10.4. The van der Waals surface area contributed by atoms with Gasteiger partial charge in [-0.15, -0.1) is 0 Å². The van der Waals surface area contributed by atoms with Crippen molar-refractivity contribution in [3.8, 4) is 11.5 Å². The molecule has 1 aliphatic heterocycles. The number of phenols is 1. The van der Waals surface area contributed by atoms with Crippen LogP contribution in [0.3, 0.4) is 0 Å². The number of hydrogen-bond donors (Lipinski definition) is 1. The number of hydrogen-bond acceptors (Lipinski definition) is 3. The minimum Gasteiger partial charge on any atom is -0.508 e. The summed E-state index contributed by atoms with van der Waals surface area (Å²) >= 11 is 0. The third kappa shape index (κ3) is 2.24. The second-order valence-corrected chi connectivity index (χ2v) is 4.42. The smallest absolute Gasteiger partial charge is 0.231 e. The van der Waals surface area contributed by atoms with Crippen LogP contribution in [0.4, 0.5) is 13.2 Å². The number of fused-ring (bicyclic) bond motifs is 1. The van der Waals surface area contributed by atoms with Crippen LogP contribution in [0.5, 0.6) is 11.5 Å². The maximum Gasteiger partial charge on any atom is 0.231 e. The quantitative estimate of drug-likeness (QED) is 0.647. The molecule has 3 rings (SSSR count). The van der Waals surface area contributed by atoms with Crippen LogP contribution in [0.1, 0.15) is 15.9 Å². The summed E-state index contributed by atoms with van der Waals surface area (Å²) in [4.78, 5) is 12.0. The molecular weight excluding hydrogens is 285 g/mol. The molecule has 0 radical (unpaired) electrons. The van der Waals surface area contributed by atoms with Gasteiger partial charge in [-0.3, -0.25) is 4.79 Å². The Labute approximate surface area is 116 Å². The van der Waals surface area contributed by atoms with Gasteiger partial charge in [-0.25, -0.2) is 13.2 Å². The average Bonchev–Trinajstić information content (AvgIpc) is 2.72. The Bertz CT molecular complexity index is 774. The van der Waals surface area contributed by atoms with Crippen molar-refractivity contribution in [1.29, 1.82) is 0 Å². The number of ether oxygens (including phenoxy) is 1. The van der Waals surface area contributed by atoms with Gasteiger partial charge in [0.2, 0.25) is 5.78 Å². The van der Waals surface area contributed by atoms with Crippen LogP contribution >= 0.6 is 0 Å². The largest absolute Gasteiger partial charge is 0.508 e. The van der Waals surface area contributed by atoms with Crippen LogP contribution in [-0.4, -0.2) is 10.9 Å². The molecule has 0 atom stereocenters. The number of halogens is 3. The lowest BCUT2D eigenvalue weighted by molar-refractivity contribution is 0.101. The predicted octanol–water partition coefficient (Wildman–Crippen LogP) is 3.43. The van der Waals surface area contributed by atoms with Crippen molar-refractivity contribution in [2.45, 2.75) is 0 Å². The summed E-state index contributed by atoms with van der Waals surface area (Å²) in [5.74, 6) is -4.89. The summed E-state index contributed by atoms with van der Waals surface area (Å²) in [6.07, 6.45) is 1.10. The van der Waals surface area contributed by atoms with E-state index in [1.165, 1.54) is 18.2 Å². The fraction of sp³-hybridized carbons (Fsp3) is 0. The maximum absolute atomic E-state index is 13.1. The van der Waals surface area contributed by atoms with Gasteiger partial charge in [0.25, 0.3) is 0 Å². The molecule has 6 heteroatoms. The average molecular weight is 292 g/mol. The topological polar surface area (TPSA) is 46.5 Å². The van der Waals surface area contributed by atoms with Crippen molar-refractivity contribution < 1.29 is 27.8 Å². The lowest BCUT2D eigenvalue weighted by atomic mass is 10.1. The molecule has 0 fully saturated rings. The number of phenolic OH excluding ortho intramolecular Hbond substituents is 1. The number of rotatable bonds is 1. The van der Waals surface area contributed by atoms with Gasteiger partial charge in [0.15, 0.2) is 23.2 Å². The molecule has 0 amide bonds. The number of carbonyl (C=O) groups is 1. The molecule has 0 aliphatic carbocycles. The fourth-order valence-corrected chi connectivity index (χ4v) is 1.99. The summed E-state index contributed by atoms with van der Waals surface area (Å²) in [5, 5.41) is 9.31. The zero-order valence-electron chi connectivity index (χ0n) is 10.4. The van der Waals surface area contributed by atoms with Gasteiger partial charge in [-0.1, -0.05) is 0 Å². The van der Waals surface area contributed by atoms with E-state index in [0.29, 0.717) is 0 Å². The molecule has 21 heavy (non-hydrogen) atoms. The molecular formula is C15H7F3O3.